The van der Waals surface area contributed by atoms with E-state index in [0.29, 0.717) is 28.6 Å². The molecule has 0 radical (unpaired) electrons. The van der Waals surface area contributed by atoms with E-state index in [2.05, 4.69) is 10.3 Å². The van der Waals surface area contributed by atoms with E-state index in [9.17, 15) is 9.59 Å². The summed E-state index contributed by atoms with van der Waals surface area (Å²) in [6.45, 7) is 4.25. The smallest absolute Gasteiger partial charge is 0.271 e. The molecule has 6 nitrogen and oxygen atoms in total. The Morgan fingerprint density at radius 2 is 1.93 bits per heavy atom. The van der Waals surface area contributed by atoms with Crippen LogP contribution in [0.2, 0.25) is 10.0 Å². The zero-order valence-corrected chi connectivity index (χ0v) is 18.5. The predicted molar refractivity (Wildman–Crippen MR) is 118 cm³/mol. The number of nitrogens with zero attached hydrogens (tertiary/aromatic N) is 2. The van der Waals surface area contributed by atoms with Crippen LogP contribution in [-0.2, 0) is 16.1 Å². The van der Waals surface area contributed by atoms with Crippen molar-refractivity contribution in [3.05, 3.63) is 68.7 Å². The van der Waals surface area contributed by atoms with Crippen LogP contribution in [-0.4, -0.2) is 48.8 Å². The normalized spacial score (nSPS) is 16.8. The number of nitrogens with one attached hydrogen (secondary N) is 1. The number of benzene rings is 2. The molecule has 1 aliphatic heterocycles. The van der Waals surface area contributed by atoms with E-state index in [1.165, 1.54) is 5.06 Å². The monoisotopic (exact) mass is 447 g/mol. The van der Waals surface area contributed by atoms with Crippen LogP contribution in [0, 0.1) is 6.92 Å². The van der Waals surface area contributed by atoms with Gasteiger partial charge in [-0.3, -0.25) is 19.4 Å². The van der Waals surface area contributed by atoms with Crippen molar-refractivity contribution in [2.24, 2.45) is 4.99 Å². The van der Waals surface area contributed by atoms with Crippen LogP contribution < -0.4 is 5.32 Å². The van der Waals surface area contributed by atoms with E-state index in [0.717, 1.165) is 22.4 Å². The highest BCUT2D eigenvalue weighted by atomic mass is 35.5. The maximum Gasteiger partial charge on any atom is 0.271 e. The molecular formula is C22H23Cl2N3O3. The lowest BCUT2D eigenvalue weighted by atomic mass is 9.97. The minimum Gasteiger partial charge on any atom is -0.338 e. The molecule has 1 aliphatic rings. The summed E-state index contributed by atoms with van der Waals surface area (Å²) in [5.74, 6) is -0.545. The molecule has 1 saturated heterocycles. The average molecular weight is 448 g/mol. The second-order valence-electron chi connectivity index (χ2n) is 7.01. The lowest BCUT2D eigenvalue weighted by molar-refractivity contribution is -0.160. The average Bonchev–Trinajstić information content (AvgIpc) is 3.04. The van der Waals surface area contributed by atoms with Crippen LogP contribution in [0.15, 0.2) is 41.4 Å². The first-order chi connectivity index (χ1) is 14.3. The van der Waals surface area contributed by atoms with Gasteiger partial charge < -0.3 is 5.32 Å². The van der Waals surface area contributed by atoms with Crippen molar-refractivity contribution < 1.29 is 14.4 Å². The van der Waals surface area contributed by atoms with Crippen LogP contribution >= 0.6 is 23.2 Å². The summed E-state index contributed by atoms with van der Waals surface area (Å²) in [6, 6.07) is 10.2. The molecule has 1 fully saturated rings. The Labute approximate surface area is 185 Å². The summed E-state index contributed by atoms with van der Waals surface area (Å²) in [4.78, 5) is 34.5. The number of likely N-dealkylation sites (N-methyl/N-ethyl adjacent to an activating group) is 1. The highest BCUT2D eigenvalue weighted by Crippen LogP contribution is 2.21. The molecular weight excluding hydrogens is 425 g/mol. The topological polar surface area (TPSA) is 71.0 Å². The Bertz CT molecular complexity index is 987. The third kappa shape index (κ3) is 5.01. The highest BCUT2D eigenvalue weighted by Gasteiger charge is 2.33. The number of rotatable bonds is 6. The lowest BCUT2D eigenvalue weighted by Gasteiger charge is -2.14. The van der Waals surface area contributed by atoms with Gasteiger partial charge in [0.05, 0.1) is 0 Å². The van der Waals surface area contributed by atoms with E-state index in [1.807, 2.05) is 38.1 Å². The molecule has 1 N–H and O–H groups in total. The van der Waals surface area contributed by atoms with Crippen molar-refractivity contribution in [3.63, 3.8) is 0 Å². The van der Waals surface area contributed by atoms with Gasteiger partial charge in [0.2, 0.25) is 0 Å². The second-order valence-corrected chi connectivity index (χ2v) is 7.88. The van der Waals surface area contributed by atoms with E-state index >= 15 is 0 Å². The summed E-state index contributed by atoms with van der Waals surface area (Å²) >= 11 is 12.2. The second kappa shape index (κ2) is 9.60. The van der Waals surface area contributed by atoms with Gasteiger partial charge in [0.25, 0.3) is 11.8 Å². The molecule has 0 saturated carbocycles. The van der Waals surface area contributed by atoms with Gasteiger partial charge in [-0.1, -0.05) is 29.3 Å². The molecule has 158 valence electrons. The molecule has 8 heteroatoms. The van der Waals surface area contributed by atoms with Gasteiger partial charge in [-0.2, -0.15) is 0 Å². The zero-order chi connectivity index (χ0) is 21.8. The third-order valence-corrected chi connectivity index (χ3v) is 5.34. The molecule has 3 rings (SSSR count). The number of aryl methyl sites for hydroxylation is 1. The molecule has 2 amide bonds. The Hall–Kier alpha value is -2.41. The summed E-state index contributed by atoms with van der Waals surface area (Å²) in [7, 11) is 1.72. The summed E-state index contributed by atoms with van der Waals surface area (Å²) < 4.78 is 0. The highest BCUT2D eigenvalue weighted by molar-refractivity contribution is 6.34. The van der Waals surface area contributed by atoms with Gasteiger partial charge in [0.15, 0.2) is 0 Å². The van der Waals surface area contributed by atoms with Crippen LogP contribution in [0.5, 0.6) is 0 Å². The van der Waals surface area contributed by atoms with Crippen molar-refractivity contribution in [3.8, 4) is 0 Å². The van der Waals surface area contributed by atoms with Crippen molar-refractivity contribution in [1.29, 1.82) is 0 Å². The fraction of sp³-hybridized carbons (Fsp3) is 0.318. The number of hydroxylamine groups is 2. The number of hydrogen-bond acceptors (Lipinski definition) is 4. The quantitative estimate of drug-likeness (QED) is 0.683. The third-order valence-electron chi connectivity index (χ3n) is 4.90. The number of hydrogen-bond donors (Lipinski definition) is 1. The molecule has 30 heavy (non-hydrogen) atoms. The molecule has 1 heterocycles. The largest absolute Gasteiger partial charge is 0.338 e. The van der Waals surface area contributed by atoms with Gasteiger partial charge in [-0.05, 0) is 60.9 Å². The van der Waals surface area contributed by atoms with Gasteiger partial charge in [0.1, 0.15) is 12.6 Å². The Morgan fingerprint density at radius 3 is 2.50 bits per heavy atom. The van der Waals surface area contributed by atoms with E-state index in [1.54, 1.807) is 19.2 Å². The first-order valence-electron chi connectivity index (χ1n) is 9.59. The molecule has 0 aliphatic carbocycles. The minimum absolute atomic E-state index is 0.143. The first kappa shape index (κ1) is 22.3. The summed E-state index contributed by atoms with van der Waals surface area (Å²) in [5, 5.41) is 5.15. The summed E-state index contributed by atoms with van der Waals surface area (Å²) in [5.41, 5.74) is 3.99. The maximum atomic E-state index is 12.7. The van der Waals surface area contributed by atoms with Crippen LogP contribution in [0.25, 0.3) is 0 Å². The molecule has 1 atom stereocenters. The lowest BCUT2D eigenvalue weighted by Crippen LogP contribution is -2.42. The van der Waals surface area contributed by atoms with Crippen molar-refractivity contribution in [2.75, 3.05) is 20.2 Å². The standard InChI is InChI=1S/C22H23Cl2N3O3/c1-4-27-22(29)20(12-30-27)26-21(28)18-6-5-15(7-13(18)2)19(25-3)10-14-8-16(23)11-17(24)9-14/h5-9,11,20H,4,10,12H2,1-3H3,(H,26,28). The molecule has 2 aromatic carbocycles. The SMILES string of the molecule is CCN1OCC(NC(=O)c2ccc(C(Cc3cc(Cl)cc(Cl)c3)=NC)cc2C)C1=O. The van der Waals surface area contributed by atoms with Crippen LogP contribution in [0.4, 0.5) is 0 Å². The Kier molecular flexibility index (Phi) is 7.13. The van der Waals surface area contributed by atoms with Gasteiger partial charge in [-0.25, -0.2) is 5.06 Å². The Morgan fingerprint density at radius 1 is 1.23 bits per heavy atom. The number of carbonyl (C=O) groups is 2. The fourth-order valence-electron chi connectivity index (χ4n) is 3.37. The zero-order valence-electron chi connectivity index (χ0n) is 17.0. The van der Waals surface area contributed by atoms with E-state index in [-0.39, 0.29) is 18.4 Å². The predicted octanol–water partition coefficient (Wildman–Crippen LogP) is 3.86. The van der Waals surface area contributed by atoms with Crippen molar-refractivity contribution in [2.45, 2.75) is 26.3 Å². The Balaban J connectivity index is 1.75. The first-order valence-corrected chi connectivity index (χ1v) is 10.3. The fourth-order valence-corrected chi connectivity index (χ4v) is 3.95. The van der Waals surface area contributed by atoms with Crippen LogP contribution in [0.3, 0.4) is 0 Å². The van der Waals surface area contributed by atoms with Gasteiger partial charge in [0, 0.05) is 41.3 Å². The van der Waals surface area contributed by atoms with Crippen LogP contribution in [0.1, 0.15) is 34.0 Å². The van der Waals surface area contributed by atoms with E-state index < -0.39 is 6.04 Å². The number of aliphatic imine (C=N–C) groups is 1. The van der Waals surface area contributed by atoms with Gasteiger partial charge in [-0.15, -0.1) is 0 Å². The number of halogens is 2. The minimum atomic E-state index is -0.670. The molecule has 2 aromatic rings. The molecule has 0 spiro atoms. The molecule has 1 unspecified atom stereocenters. The number of carbonyl (C=O) groups excluding carboxylic acids is 2. The summed E-state index contributed by atoms with van der Waals surface area (Å²) in [6.07, 6.45) is 0.558. The molecule has 0 aromatic heterocycles. The van der Waals surface area contributed by atoms with E-state index in [4.69, 9.17) is 28.0 Å². The van der Waals surface area contributed by atoms with Crippen molar-refractivity contribution in [1.82, 2.24) is 10.4 Å². The van der Waals surface area contributed by atoms with Crippen molar-refractivity contribution >= 4 is 40.7 Å². The maximum absolute atomic E-state index is 12.7. The number of amides is 2. The van der Waals surface area contributed by atoms with Gasteiger partial charge >= 0.3 is 0 Å². The molecule has 0 bridgehead atoms.